The minimum Gasteiger partial charge on any atom is -0.481 e. The summed E-state index contributed by atoms with van der Waals surface area (Å²) >= 11 is 0. The predicted molar refractivity (Wildman–Crippen MR) is 180 cm³/mol. The first-order chi connectivity index (χ1) is 21.5. The van der Waals surface area contributed by atoms with Crippen molar-refractivity contribution in [2.45, 2.75) is 144 Å². The molecule has 6 aliphatic rings. The number of hydrogen-bond donors (Lipinski definition) is 2. The van der Waals surface area contributed by atoms with Crippen molar-refractivity contribution < 1.29 is 24.2 Å². The van der Waals surface area contributed by atoms with E-state index in [9.17, 15) is 19.5 Å². The number of hydrogen-bond acceptors (Lipinski definition) is 5. The maximum atomic E-state index is 13.6. The number of fused-ring (bicyclic) bond motifs is 7. The van der Waals surface area contributed by atoms with Gasteiger partial charge in [-0.25, -0.2) is 0 Å². The number of aliphatic carboxylic acids is 1. The van der Waals surface area contributed by atoms with Gasteiger partial charge in [0.2, 0.25) is 5.91 Å². The molecule has 6 rings (SSSR count). The molecule has 1 amide bonds. The van der Waals surface area contributed by atoms with E-state index in [1.54, 1.807) is 0 Å². The van der Waals surface area contributed by atoms with Crippen LogP contribution >= 0.6 is 0 Å². The Kier molecular flexibility index (Phi) is 8.75. The van der Waals surface area contributed by atoms with Crippen molar-refractivity contribution in [3.05, 3.63) is 0 Å². The van der Waals surface area contributed by atoms with Crippen molar-refractivity contribution in [1.29, 1.82) is 0 Å². The zero-order valence-corrected chi connectivity index (χ0v) is 30.1. The Bertz CT molecular complexity index is 1210. The lowest BCUT2D eigenvalue weighted by atomic mass is 9.32. The van der Waals surface area contributed by atoms with Crippen molar-refractivity contribution >= 4 is 17.8 Å². The SMILES string of the molecule is CC(C)(CC(=O)O)CC(=O)O[C@H]1CC[C@@]2(C)C(CC[C@]3(C)C2CC[C@@H]2[C@H]4CCC[C@]4(CC(=O)N4CCNCC4)CC[C@]23C)C1(C)C. The molecule has 0 spiro atoms. The van der Waals surface area contributed by atoms with E-state index in [2.05, 4.69) is 44.8 Å². The molecule has 7 nitrogen and oxygen atoms in total. The average molecular weight is 641 g/mol. The first-order valence-electron chi connectivity index (χ1n) is 18.9. The Morgan fingerprint density at radius 1 is 0.804 bits per heavy atom. The van der Waals surface area contributed by atoms with Gasteiger partial charge in [-0.05, 0) is 115 Å². The van der Waals surface area contributed by atoms with Crippen LogP contribution in [0.3, 0.4) is 0 Å². The molecule has 6 fully saturated rings. The first-order valence-corrected chi connectivity index (χ1v) is 18.9. The summed E-state index contributed by atoms with van der Waals surface area (Å²) in [5.74, 6) is 1.82. The van der Waals surface area contributed by atoms with Gasteiger partial charge in [-0.2, -0.15) is 0 Å². The summed E-state index contributed by atoms with van der Waals surface area (Å²) in [7, 11) is 0. The highest BCUT2D eigenvalue weighted by atomic mass is 16.5. The molecule has 0 bridgehead atoms. The van der Waals surface area contributed by atoms with Crippen LogP contribution in [0.4, 0.5) is 0 Å². The van der Waals surface area contributed by atoms with E-state index in [4.69, 9.17) is 4.74 Å². The Morgan fingerprint density at radius 3 is 2.22 bits per heavy atom. The van der Waals surface area contributed by atoms with Gasteiger partial charge in [-0.15, -0.1) is 0 Å². The van der Waals surface area contributed by atoms with Crippen molar-refractivity contribution in [3.63, 3.8) is 0 Å². The van der Waals surface area contributed by atoms with Gasteiger partial charge >= 0.3 is 11.9 Å². The molecule has 2 unspecified atom stereocenters. The number of piperazine rings is 1. The summed E-state index contributed by atoms with van der Waals surface area (Å²) in [4.78, 5) is 40.3. The van der Waals surface area contributed by atoms with Gasteiger partial charge in [0.1, 0.15) is 6.10 Å². The topological polar surface area (TPSA) is 95.9 Å². The van der Waals surface area contributed by atoms with Gasteiger partial charge in [0.25, 0.3) is 0 Å². The van der Waals surface area contributed by atoms with Gasteiger partial charge in [0.05, 0.1) is 12.8 Å². The molecule has 1 heterocycles. The molecule has 260 valence electrons. The summed E-state index contributed by atoms with van der Waals surface area (Å²) in [6.45, 7) is 19.9. The standard InChI is InChI=1S/C39H64N2O5/c1-34(2,24-32(43)44)25-33(45)46-30-13-15-36(5)28(35(30,3)4)12-16-38(7)29(36)11-10-26-27-9-8-14-39(27,18-17-37(26,38)6)23-31(42)41-21-19-40-20-22-41/h26-30,40H,8-25H2,1-7H3,(H,43,44)/t26-,27-,28?,29?,30+,36+,37-,38-,39-/m1/s1. The molecule has 5 saturated carbocycles. The molecule has 1 aliphatic heterocycles. The Labute approximate surface area is 278 Å². The number of ether oxygens (including phenoxy) is 1. The molecule has 1 saturated heterocycles. The van der Waals surface area contributed by atoms with Crippen molar-refractivity contribution in [1.82, 2.24) is 10.2 Å². The molecule has 2 N–H and O–H groups in total. The third-order valence-corrected chi connectivity index (χ3v) is 16.0. The Balaban J connectivity index is 1.18. The van der Waals surface area contributed by atoms with Crippen molar-refractivity contribution in [2.24, 2.45) is 56.2 Å². The summed E-state index contributed by atoms with van der Waals surface area (Å²) in [6.07, 6.45) is 14.0. The van der Waals surface area contributed by atoms with Crippen LogP contribution in [0.5, 0.6) is 0 Å². The van der Waals surface area contributed by atoms with Gasteiger partial charge in [-0.3, -0.25) is 14.4 Å². The second-order valence-corrected chi connectivity index (χ2v) is 19.1. The Morgan fingerprint density at radius 2 is 1.52 bits per heavy atom. The number of nitrogens with zero attached hydrogens (tertiary/aromatic N) is 1. The maximum Gasteiger partial charge on any atom is 0.306 e. The molecule has 5 aliphatic carbocycles. The molecule has 46 heavy (non-hydrogen) atoms. The number of carbonyl (C=O) groups is 3. The third-order valence-electron chi connectivity index (χ3n) is 16.0. The van der Waals surface area contributed by atoms with Crippen LogP contribution in [0.25, 0.3) is 0 Å². The summed E-state index contributed by atoms with van der Waals surface area (Å²) in [6, 6.07) is 0. The van der Waals surface area contributed by atoms with Gasteiger partial charge in [-0.1, -0.05) is 54.9 Å². The fourth-order valence-corrected chi connectivity index (χ4v) is 13.6. The normalized spacial score (nSPS) is 43.5. The number of rotatable bonds is 7. The number of carboxylic acids is 1. The van der Waals surface area contributed by atoms with E-state index in [1.807, 2.05) is 13.8 Å². The predicted octanol–water partition coefficient (Wildman–Crippen LogP) is 7.47. The van der Waals surface area contributed by atoms with Crippen LogP contribution in [0.15, 0.2) is 0 Å². The lowest BCUT2D eigenvalue weighted by Crippen LogP contribution is -2.66. The van der Waals surface area contributed by atoms with Crippen molar-refractivity contribution in [2.75, 3.05) is 26.2 Å². The number of carbonyl (C=O) groups excluding carboxylic acids is 2. The zero-order chi connectivity index (χ0) is 33.3. The van der Waals surface area contributed by atoms with E-state index < -0.39 is 11.4 Å². The molecular formula is C39H64N2O5. The number of esters is 1. The lowest BCUT2D eigenvalue weighted by molar-refractivity contribution is -0.248. The Hall–Kier alpha value is -1.63. The highest BCUT2D eigenvalue weighted by Crippen LogP contribution is 2.77. The quantitative estimate of drug-likeness (QED) is 0.281. The highest BCUT2D eigenvalue weighted by Gasteiger charge is 2.70. The number of amides is 1. The van der Waals surface area contributed by atoms with Gasteiger partial charge in [0.15, 0.2) is 0 Å². The van der Waals surface area contributed by atoms with Crippen LogP contribution in [-0.2, 0) is 19.1 Å². The van der Waals surface area contributed by atoms with Gasteiger partial charge in [0, 0.05) is 38.0 Å². The monoisotopic (exact) mass is 640 g/mol. The maximum absolute atomic E-state index is 13.6. The van der Waals surface area contributed by atoms with Crippen LogP contribution < -0.4 is 5.32 Å². The minimum atomic E-state index is -0.875. The van der Waals surface area contributed by atoms with Crippen LogP contribution in [0.2, 0.25) is 0 Å². The zero-order valence-electron chi connectivity index (χ0n) is 30.1. The molecular weight excluding hydrogens is 576 g/mol. The molecule has 0 aromatic carbocycles. The smallest absolute Gasteiger partial charge is 0.306 e. The van der Waals surface area contributed by atoms with Crippen LogP contribution in [-0.4, -0.2) is 60.1 Å². The van der Waals surface area contributed by atoms with Crippen LogP contribution in [0.1, 0.15) is 138 Å². The van der Waals surface area contributed by atoms with Gasteiger partial charge < -0.3 is 20.1 Å². The molecule has 0 radical (unpaired) electrons. The van der Waals surface area contributed by atoms with Crippen LogP contribution in [0, 0.1) is 56.2 Å². The summed E-state index contributed by atoms with van der Waals surface area (Å²) in [5, 5.41) is 12.7. The largest absolute Gasteiger partial charge is 0.481 e. The molecule has 0 aromatic heterocycles. The molecule has 0 aromatic rings. The average Bonchev–Trinajstić information content (AvgIpc) is 3.38. The minimum absolute atomic E-state index is 0.0364. The molecule has 7 heteroatoms. The molecule has 9 atom stereocenters. The number of carboxylic acid groups (broad SMARTS) is 1. The second kappa shape index (κ2) is 11.8. The number of nitrogens with one attached hydrogen (secondary N) is 1. The fraction of sp³-hybridized carbons (Fsp3) is 0.923. The van der Waals surface area contributed by atoms with E-state index >= 15 is 0 Å². The lowest BCUT2D eigenvalue weighted by Gasteiger charge is -2.72. The summed E-state index contributed by atoms with van der Waals surface area (Å²) < 4.78 is 6.25. The highest BCUT2D eigenvalue weighted by molar-refractivity contribution is 5.77. The van der Waals surface area contributed by atoms with Crippen molar-refractivity contribution in [3.8, 4) is 0 Å². The van der Waals surface area contributed by atoms with E-state index in [0.717, 1.165) is 45.4 Å². The second-order valence-electron chi connectivity index (χ2n) is 19.1. The van der Waals surface area contributed by atoms with E-state index in [1.165, 1.54) is 57.8 Å². The first kappa shape index (κ1) is 34.2. The summed E-state index contributed by atoms with van der Waals surface area (Å²) in [5.41, 5.74) is 0.239. The van der Waals surface area contributed by atoms with E-state index in [0.29, 0.717) is 35.0 Å². The fourth-order valence-electron chi connectivity index (χ4n) is 13.6. The van der Waals surface area contributed by atoms with E-state index in [-0.39, 0.29) is 46.6 Å². The third kappa shape index (κ3) is 5.45.